The van der Waals surface area contributed by atoms with E-state index < -0.39 is 6.09 Å². The molecule has 32 heavy (non-hydrogen) atoms. The number of carbonyl (C=O) groups is 2. The average Bonchev–Trinajstić information content (AvgIpc) is 2.82. The van der Waals surface area contributed by atoms with Gasteiger partial charge >= 0.3 is 6.09 Å². The van der Waals surface area contributed by atoms with Crippen LogP contribution in [0.3, 0.4) is 0 Å². The Morgan fingerprint density at radius 3 is 2.59 bits per heavy atom. The zero-order chi connectivity index (χ0) is 22.3. The maximum Gasteiger partial charge on any atom is 0.411 e. The number of piperidine rings is 1. The molecule has 2 aromatic carbocycles. The average molecular weight is 436 g/mol. The monoisotopic (exact) mass is 436 g/mol. The molecule has 1 aliphatic rings. The van der Waals surface area contributed by atoms with Crippen molar-refractivity contribution in [2.75, 3.05) is 31.6 Å². The number of likely N-dealkylation sites (tertiary alicyclic amines) is 1. The molecule has 1 aromatic heterocycles. The lowest BCUT2D eigenvalue weighted by molar-refractivity contribution is 0.0830. The summed E-state index contributed by atoms with van der Waals surface area (Å²) in [5, 5.41) is 2.72. The fourth-order valence-corrected chi connectivity index (χ4v) is 3.96. The zero-order valence-corrected chi connectivity index (χ0v) is 17.7. The lowest BCUT2D eigenvalue weighted by Crippen LogP contribution is -2.37. The second-order valence-corrected chi connectivity index (χ2v) is 7.83. The molecular weight excluding hydrogens is 411 g/mol. The minimum Gasteiger partial charge on any atom is -0.449 e. The number of hydrogen-bond acceptors (Lipinski definition) is 6. The minimum atomic E-state index is -0.522. The largest absolute Gasteiger partial charge is 0.449 e. The Hall–Kier alpha value is -3.39. The van der Waals surface area contributed by atoms with Crippen molar-refractivity contribution in [1.29, 1.82) is 0 Å². The number of para-hydroxylation sites is 1. The number of nitrogens with one attached hydrogen (secondary N) is 1. The van der Waals surface area contributed by atoms with Crippen molar-refractivity contribution in [2.24, 2.45) is 5.92 Å². The van der Waals surface area contributed by atoms with Gasteiger partial charge in [0.1, 0.15) is 11.3 Å². The van der Waals surface area contributed by atoms with E-state index in [-0.39, 0.29) is 17.5 Å². The molecule has 3 aromatic rings. The highest BCUT2D eigenvalue weighted by Crippen LogP contribution is 2.22. The summed E-state index contributed by atoms with van der Waals surface area (Å²) in [5.41, 5.74) is 2.45. The summed E-state index contributed by atoms with van der Waals surface area (Å²) in [6.45, 7) is 2.73. The number of ether oxygens (including phenoxy) is 1. The number of anilines is 1. The third kappa shape index (κ3) is 5.45. The molecular formula is C24H25FN4O3. The number of carbonyl (C=O) groups excluding carboxylic acids is 2. The molecule has 1 amide bonds. The third-order valence-corrected chi connectivity index (χ3v) is 5.67. The smallest absolute Gasteiger partial charge is 0.411 e. The fraction of sp³-hybridized carbons (Fsp3) is 0.333. The number of Topliss-reactive ketones (excluding diaryl/α,β-unsaturated/α-hetero) is 1. The van der Waals surface area contributed by atoms with Gasteiger partial charge in [0.2, 0.25) is 0 Å². The summed E-state index contributed by atoms with van der Waals surface area (Å²) in [6.07, 6.45) is 4.92. The van der Waals surface area contributed by atoms with Gasteiger partial charge < -0.3 is 9.64 Å². The number of fused-ring (bicyclic) bond motifs is 1. The van der Waals surface area contributed by atoms with Crippen molar-refractivity contribution in [3.63, 3.8) is 0 Å². The first-order chi connectivity index (χ1) is 15.6. The van der Waals surface area contributed by atoms with E-state index in [1.165, 1.54) is 12.1 Å². The molecule has 0 radical (unpaired) electrons. The molecule has 0 spiro atoms. The molecule has 1 N–H and O–H groups in total. The second-order valence-electron chi connectivity index (χ2n) is 7.83. The van der Waals surface area contributed by atoms with Gasteiger partial charge in [-0.1, -0.05) is 6.07 Å². The Morgan fingerprint density at radius 2 is 1.81 bits per heavy atom. The van der Waals surface area contributed by atoms with Crippen molar-refractivity contribution < 1.29 is 18.7 Å². The van der Waals surface area contributed by atoms with Gasteiger partial charge in [0, 0.05) is 30.4 Å². The molecule has 0 unspecified atom stereocenters. The van der Waals surface area contributed by atoms with Crippen molar-refractivity contribution in [2.45, 2.75) is 19.3 Å². The summed E-state index contributed by atoms with van der Waals surface area (Å²) in [6, 6.07) is 11.1. The van der Waals surface area contributed by atoms with Crippen LogP contribution in [-0.2, 0) is 4.74 Å². The maximum absolute atomic E-state index is 13.1. The number of halogens is 1. The molecule has 0 atom stereocenters. The number of benzene rings is 2. The second kappa shape index (κ2) is 10.3. The summed E-state index contributed by atoms with van der Waals surface area (Å²) in [5.74, 6) is -0.275. The lowest BCUT2D eigenvalue weighted by Gasteiger charge is -2.31. The maximum atomic E-state index is 13.1. The van der Waals surface area contributed by atoms with E-state index >= 15 is 0 Å². The summed E-state index contributed by atoms with van der Waals surface area (Å²) < 4.78 is 18.4. The fourth-order valence-electron chi connectivity index (χ4n) is 3.96. The van der Waals surface area contributed by atoms with Crippen LogP contribution in [0.2, 0.25) is 0 Å². The first-order valence-corrected chi connectivity index (χ1v) is 10.8. The summed E-state index contributed by atoms with van der Waals surface area (Å²) in [7, 11) is 0. The van der Waals surface area contributed by atoms with Crippen molar-refractivity contribution in [1.82, 2.24) is 14.9 Å². The zero-order valence-electron chi connectivity index (χ0n) is 17.7. The van der Waals surface area contributed by atoms with E-state index in [1.807, 2.05) is 6.07 Å². The van der Waals surface area contributed by atoms with Crippen LogP contribution in [0.25, 0.3) is 11.0 Å². The minimum absolute atomic E-state index is 0.0254. The van der Waals surface area contributed by atoms with Crippen LogP contribution in [-0.4, -0.2) is 53.0 Å². The van der Waals surface area contributed by atoms with Crippen LogP contribution in [0.15, 0.2) is 54.9 Å². The Balaban J connectivity index is 1.16. The predicted octanol–water partition coefficient (Wildman–Crippen LogP) is 4.30. The Kier molecular flexibility index (Phi) is 7.01. The molecule has 1 saturated heterocycles. The van der Waals surface area contributed by atoms with Crippen LogP contribution >= 0.6 is 0 Å². The van der Waals surface area contributed by atoms with E-state index in [0.717, 1.165) is 32.5 Å². The molecule has 1 fully saturated rings. The molecule has 2 heterocycles. The van der Waals surface area contributed by atoms with Gasteiger partial charge in [0.25, 0.3) is 0 Å². The highest BCUT2D eigenvalue weighted by atomic mass is 19.1. The van der Waals surface area contributed by atoms with Crippen LogP contribution in [0, 0.1) is 11.7 Å². The van der Waals surface area contributed by atoms with Crippen LogP contribution in [0.4, 0.5) is 14.9 Å². The Morgan fingerprint density at radius 1 is 1.06 bits per heavy atom. The number of hydrogen-bond donors (Lipinski definition) is 1. The van der Waals surface area contributed by atoms with E-state index in [4.69, 9.17) is 4.74 Å². The number of nitrogens with zero attached hydrogens (tertiary/aromatic N) is 3. The SMILES string of the molecule is O=C(Nc1cccc2nccnc12)OCCCN1CCC(C(=O)c2ccc(F)cc2)CC1. The molecule has 1 aliphatic heterocycles. The molecule has 0 saturated carbocycles. The van der Waals surface area contributed by atoms with Gasteiger partial charge in [0.15, 0.2) is 5.78 Å². The molecule has 7 nitrogen and oxygen atoms in total. The highest BCUT2D eigenvalue weighted by Gasteiger charge is 2.25. The van der Waals surface area contributed by atoms with Crippen LogP contribution in [0.5, 0.6) is 0 Å². The normalized spacial score (nSPS) is 14.9. The Bertz CT molecular complexity index is 1080. The van der Waals surface area contributed by atoms with Crippen LogP contribution < -0.4 is 5.32 Å². The van der Waals surface area contributed by atoms with Gasteiger partial charge in [-0.25, -0.2) is 9.18 Å². The van der Waals surface area contributed by atoms with Crippen molar-refractivity contribution in [3.05, 3.63) is 66.2 Å². The first-order valence-electron chi connectivity index (χ1n) is 10.8. The van der Waals surface area contributed by atoms with Gasteiger partial charge in [0.05, 0.1) is 17.8 Å². The lowest BCUT2D eigenvalue weighted by atomic mass is 9.89. The Labute approximate surface area is 185 Å². The van der Waals surface area contributed by atoms with E-state index in [0.29, 0.717) is 35.3 Å². The number of ketones is 1. The van der Waals surface area contributed by atoms with Crippen LogP contribution in [0.1, 0.15) is 29.6 Å². The number of aromatic nitrogens is 2. The molecule has 8 heteroatoms. The van der Waals surface area contributed by atoms with Gasteiger partial charge in [-0.15, -0.1) is 0 Å². The molecule has 0 bridgehead atoms. The van der Waals surface area contributed by atoms with Crippen molar-refractivity contribution >= 4 is 28.6 Å². The van der Waals surface area contributed by atoms with E-state index in [9.17, 15) is 14.0 Å². The summed E-state index contributed by atoms with van der Waals surface area (Å²) >= 11 is 0. The van der Waals surface area contributed by atoms with Gasteiger partial charge in [-0.3, -0.25) is 20.1 Å². The number of amides is 1. The van der Waals surface area contributed by atoms with E-state index in [1.54, 1.807) is 36.7 Å². The van der Waals surface area contributed by atoms with Gasteiger partial charge in [-0.05, 0) is 68.8 Å². The van der Waals surface area contributed by atoms with Gasteiger partial charge in [-0.2, -0.15) is 0 Å². The standard InChI is InChI=1S/C24H25FN4O3/c25-19-7-5-17(6-8-19)23(30)18-9-14-29(15-10-18)13-2-16-32-24(31)28-21-4-1-3-20-22(21)27-12-11-26-20/h1,3-8,11-12,18H,2,9-10,13-16H2,(H,28,31). The van der Waals surface area contributed by atoms with E-state index in [2.05, 4.69) is 20.2 Å². The first kappa shape index (κ1) is 21.8. The quantitative estimate of drug-likeness (QED) is 0.439. The molecule has 0 aliphatic carbocycles. The molecule has 4 rings (SSSR count). The highest BCUT2D eigenvalue weighted by molar-refractivity contribution is 5.98. The third-order valence-electron chi connectivity index (χ3n) is 5.67. The predicted molar refractivity (Wildman–Crippen MR) is 119 cm³/mol. The van der Waals surface area contributed by atoms with Crippen molar-refractivity contribution in [3.8, 4) is 0 Å². The summed E-state index contributed by atoms with van der Waals surface area (Å²) in [4.78, 5) is 35.4. The number of rotatable bonds is 7. The molecule has 166 valence electrons. The topological polar surface area (TPSA) is 84.4 Å².